The van der Waals surface area contributed by atoms with Crippen LogP contribution in [-0.4, -0.2) is 27.9 Å². The summed E-state index contributed by atoms with van der Waals surface area (Å²) in [6.45, 7) is 8.28. The highest BCUT2D eigenvalue weighted by Crippen LogP contribution is 2.48. The van der Waals surface area contributed by atoms with E-state index in [9.17, 15) is 4.79 Å². The van der Waals surface area contributed by atoms with Crippen LogP contribution in [-0.2, 0) is 4.74 Å². The number of pyridine rings is 1. The Morgan fingerprint density at radius 1 is 1.50 bits per heavy atom. The van der Waals surface area contributed by atoms with Gasteiger partial charge < -0.3 is 10.1 Å². The summed E-state index contributed by atoms with van der Waals surface area (Å²) in [5, 5.41) is 7.32. The number of aryl methyl sites for hydroxylation is 1. The summed E-state index contributed by atoms with van der Waals surface area (Å²) in [6, 6.07) is 6.31. The summed E-state index contributed by atoms with van der Waals surface area (Å²) in [4.78, 5) is 11.7. The Labute approximate surface area is 130 Å². The maximum atomic E-state index is 11.7. The van der Waals surface area contributed by atoms with Gasteiger partial charge >= 0.3 is 6.09 Å². The van der Waals surface area contributed by atoms with E-state index in [0.717, 1.165) is 12.1 Å². The van der Waals surface area contributed by atoms with E-state index in [1.54, 1.807) is 0 Å². The smallest absolute Gasteiger partial charge is 0.407 e. The number of ether oxygens (including phenoxy) is 1. The molecule has 0 bridgehead atoms. The fourth-order valence-electron chi connectivity index (χ4n) is 2.86. The lowest BCUT2D eigenvalue weighted by molar-refractivity contribution is 0.0525. The van der Waals surface area contributed by atoms with Crippen LogP contribution >= 0.6 is 0 Å². The second kappa shape index (κ2) is 5.30. The maximum absolute atomic E-state index is 11.7. The first-order valence-electron chi connectivity index (χ1n) is 7.75. The Kier molecular flexibility index (Phi) is 3.59. The second-order valence-electron chi connectivity index (χ2n) is 7.06. The predicted molar refractivity (Wildman–Crippen MR) is 85.0 cm³/mol. The molecule has 2 heterocycles. The van der Waals surface area contributed by atoms with Crippen LogP contribution in [0.2, 0.25) is 0 Å². The lowest BCUT2D eigenvalue weighted by Crippen LogP contribution is -2.33. The molecule has 0 aliphatic heterocycles. The molecule has 1 aliphatic carbocycles. The molecule has 2 unspecified atom stereocenters. The highest BCUT2D eigenvalue weighted by molar-refractivity contribution is 5.67. The topological polar surface area (TPSA) is 55.6 Å². The molecular weight excluding hydrogens is 278 g/mol. The Morgan fingerprint density at radius 2 is 2.27 bits per heavy atom. The van der Waals surface area contributed by atoms with Gasteiger partial charge in [0.05, 0.1) is 11.2 Å². The quantitative estimate of drug-likeness (QED) is 0.946. The normalized spacial score (nSPS) is 20.9. The molecule has 3 rings (SSSR count). The van der Waals surface area contributed by atoms with Gasteiger partial charge in [-0.2, -0.15) is 5.10 Å². The average Bonchev–Trinajstić information content (AvgIpc) is 3.06. The number of hydrogen-bond donors (Lipinski definition) is 1. The van der Waals surface area contributed by atoms with Crippen molar-refractivity contribution >= 4 is 11.6 Å². The summed E-state index contributed by atoms with van der Waals surface area (Å²) in [6.07, 6.45) is 2.73. The van der Waals surface area contributed by atoms with Gasteiger partial charge in [0.25, 0.3) is 0 Å². The summed E-state index contributed by atoms with van der Waals surface area (Å²) >= 11 is 0. The van der Waals surface area contributed by atoms with Gasteiger partial charge in [-0.3, -0.25) is 0 Å². The molecule has 118 valence electrons. The summed E-state index contributed by atoms with van der Waals surface area (Å²) in [5.41, 5.74) is 3.06. The largest absolute Gasteiger partial charge is 0.444 e. The number of carbonyl (C=O) groups is 1. The predicted octanol–water partition coefficient (Wildman–Crippen LogP) is 3.27. The zero-order chi connectivity index (χ0) is 15.9. The minimum atomic E-state index is -0.451. The fraction of sp³-hybridized carbons (Fsp3) is 0.529. The fourth-order valence-corrected chi connectivity index (χ4v) is 2.86. The van der Waals surface area contributed by atoms with Gasteiger partial charge in [0.1, 0.15) is 5.60 Å². The van der Waals surface area contributed by atoms with Crippen LogP contribution in [0, 0.1) is 12.8 Å². The highest BCUT2D eigenvalue weighted by atomic mass is 16.6. The van der Waals surface area contributed by atoms with Crippen LogP contribution in [0.3, 0.4) is 0 Å². The molecule has 1 fully saturated rings. The van der Waals surface area contributed by atoms with Crippen molar-refractivity contribution in [3.05, 3.63) is 35.7 Å². The Hall–Kier alpha value is -2.04. The van der Waals surface area contributed by atoms with Gasteiger partial charge in [-0.1, -0.05) is 6.07 Å². The van der Waals surface area contributed by atoms with Crippen molar-refractivity contribution < 1.29 is 9.53 Å². The molecule has 1 saturated carbocycles. The zero-order valence-corrected chi connectivity index (χ0v) is 13.6. The van der Waals surface area contributed by atoms with Gasteiger partial charge in [-0.25, -0.2) is 9.31 Å². The first kappa shape index (κ1) is 14.9. The van der Waals surface area contributed by atoms with Crippen molar-refractivity contribution in [2.45, 2.75) is 45.6 Å². The van der Waals surface area contributed by atoms with Gasteiger partial charge in [0.2, 0.25) is 0 Å². The summed E-state index contributed by atoms with van der Waals surface area (Å²) < 4.78 is 7.20. The van der Waals surface area contributed by atoms with Crippen LogP contribution in [0.1, 0.15) is 44.4 Å². The van der Waals surface area contributed by atoms with E-state index in [2.05, 4.69) is 22.5 Å². The molecule has 0 radical (unpaired) electrons. The number of fused-ring (bicyclic) bond motifs is 1. The van der Waals surface area contributed by atoms with Crippen molar-refractivity contribution in [1.29, 1.82) is 0 Å². The van der Waals surface area contributed by atoms with Crippen LogP contribution in [0.5, 0.6) is 0 Å². The maximum Gasteiger partial charge on any atom is 0.407 e. The van der Waals surface area contributed by atoms with E-state index in [-0.39, 0.29) is 6.09 Å². The van der Waals surface area contributed by atoms with Gasteiger partial charge in [-0.15, -0.1) is 0 Å². The van der Waals surface area contributed by atoms with Gasteiger partial charge in [0, 0.05) is 12.7 Å². The third kappa shape index (κ3) is 3.24. The molecule has 2 aromatic heterocycles. The number of carbonyl (C=O) groups excluding carboxylic acids is 1. The van der Waals surface area contributed by atoms with Crippen LogP contribution < -0.4 is 5.32 Å². The second-order valence-corrected chi connectivity index (χ2v) is 7.06. The van der Waals surface area contributed by atoms with Crippen LogP contribution in [0.15, 0.2) is 24.4 Å². The first-order valence-corrected chi connectivity index (χ1v) is 7.75. The highest BCUT2D eigenvalue weighted by Gasteiger charge is 2.39. The van der Waals surface area contributed by atoms with E-state index < -0.39 is 5.60 Å². The molecule has 1 amide bonds. The molecule has 2 atom stereocenters. The first-order chi connectivity index (χ1) is 10.3. The SMILES string of the molecule is Cc1cc2c(C3CC3CNC(=O)OC(C)(C)C)cccn2n1. The third-order valence-corrected chi connectivity index (χ3v) is 3.89. The standard InChI is InChI=1S/C17H23N3O2/c1-11-8-15-13(6-5-7-20(15)19-11)14-9-12(14)10-18-16(21)22-17(2,3)4/h5-8,12,14H,9-10H2,1-4H3,(H,18,21). The molecule has 1 N–H and O–H groups in total. The van der Waals surface area contributed by atoms with E-state index in [1.807, 2.05) is 44.5 Å². The van der Waals surface area contributed by atoms with E-state index in [0.29, 0.717) is 18.4 Å². The number of nitrogens with one attached hydrogen (secondary N) is 1. The monoisotopic (exact) mass is 301 g/mol. The third-order valence-electron chi connectivity index (χ3n) is 3.89. The Morgan fingerprint density at radius 3 is 3.00 bits per heavy atom. The van der Waals surface area contributed by atoms with E-state index >= 15 is 0 Å². The average molecular weight is 301 g/mol. The van der Waals surface area contributed by atoms with Crippen LogP contribution in [0.4, 0.5) is 4.79 Å². The molecular formula is C17H23N3O2. The van der Waals surface area contributed by atoms with E-state index in [4.69, 9.17) is 4.74 Å². The Balaban J connectivity index is 1.61. The molecule has 22 heavy (non-hydrogen) atoms. The number of amides is 1. The number of hydrogen-bond acceptors (Lipinski definition) is 3. The van der Waals surface area contributed by atoms with Crippen molar-refractivity contribution in [1.82, 2.24) is 14.9 Å². The zero-order valence-electron chi connectivity index (χ0n) is 13.6. The van der Waals surface area contributed by atoms with Crippen molar-refractivity contribution in [3.8, 4) is 0 Å². The molecule has 0 saturated heterocycles. The molecule has 0 aromatic carbocycles. The number of nitrogens with zero attached hydrogens (tertiary/aromatic N) is 2. The molecule has 2 aromatic rings. The van der Waals surface area contributed by atoms with E-state index in [1.165, 1.54) is 11.1 Å². The molecule has 0 spiro atoms. The van der Waals surface area contributed by atoms with Crippen molar-refractivity contribution in [3.63, 3.8) is 0 Å². The summed E-state index contributed by atoms with van der Waals surface area (Å²) in [5.74, 6) is 0.976. The minimum absolute atomic E-state index is 0.337. The Bertz CT molecular complexity index is 699. The number of aromatic nitrogens is 2. The van der Waals surface area contributed by atoms with Crippen molar-refractivity contribution in [2.24, 2.45) is 5.92 Å². The molecule has 5 nitrogen and oxygen atoms in total. The van der Waals surface area contributed by atoms with Crippen molar-refractivity contribution in [2.75, 3.05) is 6.54 Å². The van der Waals surface area contributed by atoms with Crippen LogP contribution in [0.25, 0.3) is 5.52 Å². The minimum Gasteiger partial charge on any atom is -0.444 e. The molecule has 1 aliphatic rings. The number of alkyl carbamates (subject to hydrolysis) is 1. The lowest BCUT2D eigenvalue weighted by atomic mass is 10.1. The summed E-state index contributed by atoms with van der Waals surface area (Å²) in [7, 11) is 0. The number of rotatable bonds is 3. The van der Waals surface area contributed by atoms with Gasteiger partial charge in [-0.05, 0) is 63.6 Å². The van der Waals surface area contributed by atoms with Gasteiger partial charge in [0.15, 0.2) is 0 Å². The molecule has 5 heteroatoms. The lowest BCUT2D eigenvalue weighted by Gasteiger charge is -2.19.